The summed E-state index contributed by atoms with van der Waals surface area (Å²) in [6, 6.07) is 6.99. The maximum atomic E-state index is 12.7. The van der Waals surface area contributed by atoms with Crippen molar-refractivity contribution in [2.24, 2.45) is 0 Å². The van der Waals surface area contributed by atoms with Crippen LogP contribution in [0.15, 0.2) is 41.3 Å². The Hall–Kier alpha value is -3.71. The van der Waals surface area contributed by atoms with Crippen LogP contribution in [0.25, 0.3) is 0 Å². The number of amides is 1. The maximum Gasteiger partial charge on any atom is 0.342 e. The molecule has 13 heteroatoms. The molecule has 3 rings (SSSR count). The Morgan fingerprint density at radius 2 is 1.88 bits per heavy atom. The highest BCUT2D eigenvalue weighted by Crippen LogP contribution is 2.29. The predicted octanol–water partition coefficient (Wildman–Crippen LogP) is 1.89. The van der Waals surface area contributed by atoms with E-state index in [-0.39, 0.29) is 16.3 Å². The normalized spacial score (nSPS) is 14.0. The Morgan fingerprint density at radius 3 is 2.52 bits per heavy atom. The van der Waals surface area contributed by atoms with Gasteiger partial charge in [-0.3, -0.25) is 14.9 Å². The number of nitrogens with one attached hydrogen (secondary N) is 1. The number of hydrogen-bond acceptors (Lipinski definition) is 9. The van der Waals surface area contributed by atoms with Gasteiger partial charge in [-0.25, -0.2) is 13.2 Å². The number of phenols is 1. The van der Waals surface area contributed by atoms with E-state index in [1.54, 1.807) is 0 Å². The number of carbonyl (C=O) groups excluding carboxylic acids is 2. The van der Waals surface area contributed by atoms with Gasteiger partial charge >= 0.3 is 5.97 Å². The summed E-state index contributed by atoms with van der Waals surface area (Å²) in [5, 5.41) is 23.4. The first-order chi connectivity index (χ1) is 15.6. The summed E-state index contributed by atoms with van der Waals surface area (Å²) in [4.78, 5) is 34.8. The summed E-state index contributed by atoms with van der Waals surface area (Å²) in [6.07, 6.45) is 1.46. The number of ether oxygens (including phenoxy) is 2. The van der Waals surface area contributed by atoms with E-state index >= 15 is 0 Å². The van der Waals surface area contributed by atoms with Crippen LogP contribution < -0.4 is 10.1 Å². The monoisotopic (exact) mass is 479 g/mol. The zero-order valence-corrected chi connectivity index (χ0v) is 18.3. The molecule has 1 aliphatic rings. The van der Waals surface area contributed by atoms with Crippen molar-refractivity contribution >= 4 is 33.3 Å². The smallest absolute Gasteiger partial charge is 0.342 e. The van der Waals surface area contributed by atoms with E-state index in [0.29, 0.717) is 13.1 Å². The van der Waals surface area contributed by atoms with Gasteiger partial charge in [-0.15, -0.1) is 0 Å². The Kier molecular flexibility index (Phi) is 7.13. The molecule has 2 aromatic carbocycles. The fraction of sp³-hybridized carbons (Fsp3) is 0.300. The third-order valence-corrected chi connectivity index (χ3v) is 6.80. The largest absolute Gasteiger partial charge is 0.507 e. The van der Waals surface area contributed by atoms with Crippen molar-refractivity contribution in [2.45, 2.75) is 17.7 Å². The highest BCUT2D eigenvalue weighted by molar-refractivity contribution is 7.89. The molecular formula is C20H21N3O9S. The SMILES string of the molecule is COc1ccc(NC(=O)COC(=O)c2cc(S(=O)(=O)N3CCCC3)ccc2O)c([N+](=O)[O-])c1. The topological polar surface area (TPSA) is 165 Å². The zero-order valence-electron chi connectivity index (χ0n) is 17.5. The number of anilines is 1. The number of nitro groups is 1. The highest BCUT2D eigenvalue weighted by Gasteiger charge is 2.29. The lowest BCUT2D eigenvalue weighted by atomic mass is 10.2. The van der Waals surface area contributed by atoms with Crippen molar-refractivity contribution in [3.05, 3.63) is 52.1 Å². The van der Waals surface area contributed by atoms with Gasteiger partial charge in [0.15, 0.2) is 6.61 Å². The Labute approximate surface area is 188 Å². The second kappa shape index (κ2) is 9.83. The van der Waals surface area contributed by atoms with Gasteiger partial charge in [0.1, 0.15) is 22.7 Å². The molecule has 0 aliphatic carbocycles. The van der Waals surface area contributed by atoms with Gasteiger partial charge in [0.05, 0.1) is 23.0 Å². The first-order valence-electron chi connectivity index (χ1n) is 9.76. The molecule has 0 unspecified atom stereocenters. The van der Waals surface area contributed by atoms with E-state index in [4.69, 9.17) is 9.47 Å². The van der Waals surface area contributed by atoms with Gasteiger partial charge in [0.25, 0.3) is 11.6 Å². The summed E-state index contributed by atoms with van der Waals surface area (Å²) in [7, 11) is -2.51. The standard InChI is InChI=1S/C20H21N3O9S/c1-31-13-4-6-16(17(10-13)23(27)28)21-19(25)12-32-20(26)15-11-14(5-7-18(15)24)33(29,30)22-8-2-3-9-22/h4-7,10-11,24H,2-3,8-9,12H2,1H3,(H,21,25). The molecule has 2 aromatic rings. The molecule has 0 aromatic heterocycles. The summed E-state index contributed by atoms with van der Waals surface area (Å²) < 4.78 is 36.4. The fourth-order valence-electron chi connectivity index (χ4n) is 3.21. The van der Waals surface area contributed by atoms with Crippen molar-refractivity contribution in [3.63, 3.8) is 0 Å². The molecule has 0 radical (unpaired) electrons. The van der Waals surface area contributed by atoms with E-state index in [1.807, 2.05) is 0 Å². The lowest BCUT2D eigenvalue weighted by Crippen LogP contribution is -2.28. The number of esters is 1. The number of methoxy groups -OCH3 is 1. The first-order valence-corrected chi connectivity index (χ1v) is 11.2. The van der Waals surface area contributed by atoms with Crippen LogP contribution in [0.1, 0.15) is 23.2 Å². The summed E-state index contributed by atoms with van der Waals surface area (Å²) >= 11 is 0. The molecule has 1 saturated heterocycles. The van der Waals surface area contributed by atoms with E-state index in [0.717, 1.165) is 31.0 Å². The van der Waals surface area contributed by atoms with Crippen LogP contribution >= 0.6 is 0 Å². The van der Waals surface area contributed by atoms with Crippen molar-refractivity contribution in [2.75, 3.05) is 32.1 Å². The second-order valence-corrected chi connectivity index (χ2v) is 8.99. The number of nitrogens with zero attached hydrogens (tertiary/aromatic N) is 2. The third-order valence-electron chi connectivity index (χ3n) is 4.90. The van der Waals surface area contributed by atoms with E-state index in [1.165, 1.54) is 29.6 Å². The third kappa shape index (κ3) is 5.38. The molecule has 1 amide bonds. The molecule has 1 fully saturated rings. The van der Waals surface area contributed by atoms with Gasteiger partial charge in [-0.2, -0.15) is 4.31 Å². The molecule has 176 valence electrons. The Balaban J connectivity index is 1.70. The molecule has 1 aliphatic heterocycles. The van der Waals surface area contributed by atoms with Crippen LogP contribution in [0.5, 0.6) is 11.5 Å². The lowest BCUT2D eigenvalue weighted by Gasteiger charge is -2.16. The zero-order chi connectivity index (χ0) is 24.2. The molecule has 0 spiro atoms. The number of nitro benzene ring substituents is 1. The molecule has 33 heavy (non-hydrogen) atoms. The maximum absolute atomic E-state index is 12.7. The number of phenolic OH excluding ortho intramolecular Hbond substituents is 1. The summed E-state index contributed by atoms with van der Waals surface area (Å²) in [5.41, 5.74) is -0.992. The van der Waals surface area contributed by atoms with Gasteiger partial charge in [-0.1, -0.05) is 0 Å². The summed E-state index contributed by atoms with van der Waals surface area (Å²) in [5.74, 6) is -2.32. The predicted molar refractivity (Wildman–Crippen MR) is 115 cm³/mol. The van der Waals surface area contributed by atoms with Crippen molar-refractivity contribution in [1.29, 1.82) is 0 Å². The van der Waals surface area contributed by atoms with Crippen molar-refractivity contribution in [3.8, 4) is 11.5 Å². The molecule has 0 atom stereocenters. The van der Waals surface area contributed by atoms with Crippen molar-refractivity contribution in [1.82, 2.24) is 4.31 Å². The quantitative estimate of drug-likeness (QED) is 0.326. The number of benzene rings is 2. The minimum absolute atomic E-state index is 0.136. The van der Waals surface area contributed by atoms with Crippen LogP contribution in [-0.2, 0) is 19.6 Å². The van der Waals surface area contributed by atoms with Crippen LogP contribution in [0, 0.1) is 10.1 Å². The van der Waals surface area contributed by atoms with Gasteiger partial charge < -0.3 is 19.9 Å². The Morgan fingerprint density at radius 1 is 1.18 bits per heavy atom. The summed E-state index contributed by atoms with van der Waals surface area (Å²) in [6.45, 7) is -0.105. The second-order valence-electron chi connectivity index (χ2n) is 7.05. The first kappa shape index (κ1) is 23.9. The molecular weight excluding hydrogens is 458 g/mol. The van der Waals surface area contributed by atoms with Crippen LogP contribution in [0.3, 0.4) is 0 Å². The fourth-order valence-corrected chi connectivity index (χ4v) is 4.75. The van der Waals surface area contributed by atoms with Gasteiger partial charge in [-0.05, 0) is 43.2 Å². The molecule has 0 bridgehead atoms. The molecule has 0 saturated carbocycles. The van der Waals surface area contributed by atoms with Gasteiger partial charge in [0, 0.05) is 13.1 Å². The van der Waals surface area contributed by atoms with Crippen LogP contribution in [0.2, 0.25) is 0 Å². The van der Waals surface area contributed by atoms with Crippen molar-refractivity contribution < 1.29 is 37.5 Å². The van der Waals surface area contributed by atoms with Crippen LogP contribution in [-0.4, -0.2) is 61.4 Å². The highest BCUT2D eigenvalue weighted by atomic mass is 32.2. The number of carbonyl (C=O) groups is 2. The molecule has 2 N–H and O–H groups in total. The Bertz CT molecular complexity index is 1190. The van der Waals surface area contributed by atoms with E-state index in [2.05, 4.69) is 5.32 Å². The number of hydrogen-bond donors (Lipinski definition) is 2. The number of aromatic hydroxyl groups is 1. The van der Waals surface area contributed by atoms with E-state index in [9.17, 15) is 33.2 Å². The minimum atomic E-state index is -3.84. The van der Waals surface area contributed by atoms with Gasteiger partial charge in [0.2, 0.25) is 10.0 Å². The average molecular weight is 479 g/mol. The molecule has 1 heterocycles. The average Bonchev–Trinajstić information content (AvgIpc) is 3.33. The number of sulfonamides is 1. The number of rotatable bonds is 8. The lowest BCUT2D eigenvalue weighted by molar-refractivity contribution is -0.384. The molecule has 12 nitrogen and oxygen atoms in total. The van der Waals surface area contributed by atoms with E-state index < -0.39 is 50.4 Å². The van der Waals surface area contributed by atoms with Crippen LogP contribution in [0.4, 0.5) is 11.4 Å². The minimum Gasteiger partial charge on any atom is -0.507 e.